The predicted molar refractivity (Wildman–Crippen MR) is 152 cm³/mol. The molecule has 216 valence electrons. The molecule has 0 bridgehead atoms. The maximum Gasteiger partial charge on any atom is 0.255 e. The van der Waals surface area contributed by atoms with Gasteiger partial charge in [-0.2, -0.15) is 4.98 Å². The van der Waals surface area contributed by atoms with E-state index < -0.39 is 29.0 Å². The van der Waals surface area contributed by atoms with Gasteiger partial charge in [0.25, 0.3) is 11.8 Å². The first kappa shape index (κ1) is 28.6. The van der Waals surface area contributed by atoms with Crippen molar-refractivity contribution in [2.24, 2.45) is 0 Å². The van der Waals surface area contributed by atoms with Gasteiger partial charge in [0, 0.05) is 18.2 Å². The molecular weight excluding hydrogens is 544 g/mol. The monoisotopic (exact) mass is 573 g/mol. The second-order valence-electron chi connectivity index (χ2n) is 10.5. The fraction of sp³-hybridized carbons (Fsp3) is 0.258. The lowest BCUT2D eigenvalue weighted by molar-refractivity contribution is 0.0902. The molecule has 5 aromatic rings. The Bertz CT molecular complexity index is 1780. The van der Waals surface area contributed by atoms with E-state index in [0.29, 0.717) is 27.8 Å². The third-order valence-corrected chi connectivity index (χ3v) is 7.22. The summed E-state index contributed by atoms with van der Waals surface area (Å²) < 4.78 is 39.6. The number of nitrogens with zero attached hydrogens (tertiary/aromatic N) is 3. The van der Waals surface area contributed by atoms with Gasteiger partial charge >= 0.3 is 0 Å². The molecule has 42 heavy (non-hydrogen) atoms. The molecule has 0 aliphatic rings. The SMILES string of the molecule is CC[C@H](C)c1nc2oc(-c3ccc(F)cc3)c(C(=O)NC)c2cc1-c1ccc(F)c(C(=O)NC(C)(C)c2ncon2)c1. The van der Waals surface area contributed by atoms with Crippen molar-refractivity contribution in [3.8, 4) is 22.5 Å². The van der Waals surface area contributed by atoms with Crippen molar-refractivity contribution in [3.05, 3.63) is 89.2 Å². The molecule has 0 radical (unpaired) electrons. The summed E-state index contributed by atoms with van der Waals surface area (Å²) in [4.78, 5) is 35.2. The van der Waals surface area contributed by atoms with Crippen LogP contribution in [0.2, 0.25) is 0 Å². The number of aromatic nitrogens is 3. The van der Waals surface area contributed by atoms with Gasteiger partial charge in [-0.15, -0.1) is 0 Å². The Balaban J connectivity index is 1.67. The zero-order valence-electron chi connectivity index (χ0n) is 23.7. The summed E-state index contributed by atoms with van der Waals surface area (Å²) >= 11 is 0. The van der Waals surface area contributed by atoms with Crippen molar-refractivity contribution in [2.75, 3.05) is 7.05 Å². The molecule has 0 spiro atoms. The van der Waals surface area contributed by atoms with Crippen LogP contribution in [0.5, 0.6) is 0 Å². The van der Waals surface area contributed by atoms with Crippen LogP contribution >= 0.6 is 0 Å². The number of hydrogen-bond donors (Lipinski definition) is 2. The summed E-state index contributed by atoms with van der Waals surface area (Å²) in [5, 5.41) is 9.60. The minimum Gasteiger partial charge on any atom is -0.437 e. The lowest BCUT2D eigenvalue weighted by Gasteiger charge is -2.22. The summed E-state index contributed by atoms with van der Waals surface area (Å²) in [5.41, 5.74) is 1.52. The van der Waals surface area contributed by atoms with Gasteiger partial charge in [0.2, 0.25) is 12.1 Å². The molecule has 0 fully saturated rings. The number of halogens is 2. The van der Waals surface area contributed by atoms with E-state index in [2.05, 4.69) is 20.8 Å². The molecule has 3 aromatic heterocycles. The van der Waals surface area contributed by atoms with Crippen LogP contribution in [-0.2, 0) is 5.54 Å². The highest BCUT2D eigenvalue weighted by Gasteiger charge is 2.30. The molecule has 9 nitrogen and oxygen atoms in total. The second kappa shape index (κ2) is 11.2. The number of nitrogens with one attached hydrogen (secondary N) is 2. The molecule has 1 atom stereocenters. The van der Waals surface area contributed by atoms with Crippen LogP contribution < -0.4 is 10.6 Å². The molecule has 11 heteroatoms. The first-order valence-electron chi connectivity index (χ1n) is 13.4. The number of fused-ring (bicyclic) bond motifs is 1. The van der Waals surface area contributed by atoms with Crippen molar-refractivity contribution in [3.63, 3.8) is 0 Å². The summed E-state index contributed by atoms with van der Waals surface area (Å²) in [6, 6.07) is 11.6. The maximum atomic E-state index is 15.0. The van der Waals surface area contributed by atoms with Crippen molar-refractivity contribution in [2.45, 2.75) is 45.6 Å². The van der Waals surface area contributed by atoms with Crippen LogP contribution in [-0.4, -0.2) is 34.0 Å². The van der Waals surface area contributed by atoms with Gasteiger partial charge in [-0.1, -0.05) is 25.1 Å². The Labute approximate surface area is 240 Å². The van der Waals surface area contributed by atoms with E-state index >= 15 is 4.39 Å². The van der Waals surface area contributed by atoms with E-state index in [9.17, 15) is 14.0 Å². The first-order chi connectivity index (χ1) is 20.0. The van der Waals surface area contributed by atoms with Gasteiger partial charge in [0.1, 0.15) is 17.4 Å². The molecule has 2 N–H and O–H groups in total. The first-order valence-corrected chi connectivity index (χ1v) is 13.4. The lowest BCUT2D eigenvalue weighted by Crippen LogP contribution is -2.42. The van der Waals surface area contributed by atoms with Crippen LogP contribution in [0.15, 0.2) is 63.9 Å². The fourth-order valence-electron chi connectivity index (χ4n) is 4.71. The number of hydrogen-bond acceptors (Lipinski definition) is 7. The Hall–Kier alpha value is -4.93. The van der Waals surface area contributed by atoms with E-state index in [0.717, 1.165) is 12.8 Å². The van der Waals surface area contributed by atoms with Gasteiger partial charge < -0.3 is 19.6 Å². The molecule has 2 amide bonds. The Morgan fingerprint density at radius 2 is 1.74 bits per heavy atom. The molecule has 0 aliphatic heterocycles. The Morgan fingerprint density at radius 1 is 1.02 bits per heavy atom. The van der Waals surface area contributed by atoms with Crippen LogP contribution in [0.25, 0.3) is 33.6 Å². The topological polar surface area (TPSA) is 123 Å². The van der Waals surface area contributed by atoms with Gasteiger partial charge in [0.05, 0.1) is 27.7 Å². The number of amides is 2. The minimum absolute atomic E-state index is 0.0493. The number of benzene rings is 2. The van der Waals surface area contributed by atoms with E-state index in [-0.39, 0.29) is 34.3 Å². The van der Waals surface area contributed by atoms with E-state index in [4.69, 9.17) is 13.9 Å². The highest BCUT2D eigenvalue weighted by Crippen LogP contribution is 2.39. The molecule has 5 rings (SSSR count). The average molecular weight is 574 g/mol. The highest BCUT2D eigenvalue weighted by molar-refractivity contribution is 6.11. The molecule has 2 aromatic carbocycles. The van der Waals surface area contributed by atoms with Gasteiger partial charge in [-0.05, 0) is 74.2 Å². The Kier molecular flexibility index (Phi) is 7.59. The lowest BCUT2D eigenvalue weighted by atomic mass is 9.92. The number of pyridine rings is 1. The standard InChI is InChI=1S/C31H29F2N5O4/c1-6-16(2)25-20(18-9-12-23(33)21(13-18)27(39)37-31(3,4)30-35-15-41-38-30)14-22-24(28(40)34-5)26(42-29(22)36-25)17-7-10-19(32)11-8-17/h7-16H,6H2,1-5H3,(H,34,40)(H,37,39)/t16-/m0/s1. The van der Waals surface area contributed by atoms with Gasteiger partial charge in [-0.3, -0.25) is 9.59 Å². The molecule has 0 aliphatic carbocycles. The van der Waals surface area contributed by atoms with Crippen molar-refractivity contribution in [1.82, 2.24) is 25.8 Å². The van der Waals surface area contributed by atoms with Crippen LogP contribution in [0.4, 0.5) is 8.78 Å². The number of rotatable bonds is 8. The third kappa shape index (κ3) is 5.25. The Morgan fingerprint density at radius 3 is 2.38 bits per heavy atom. The van der Waals surface area contributed by atoms with Gasteiger partial charge in [0.15, 0.2) is 5.82 Å². The van der Waals surface area contributed by atoms with E-state index in [1.54, 1.807) is 26.0 Å². The van der Waals surface area contributed by atoms with Crippen molar-refractivity contribution < 1.29 is 27.3 Å². The highest BCUT2D eigenvalue weighted by atomic mass is 19.1. The normalized spacial score (nSPS) is 12.4. The van der Waals surface area contributed by atoms with E-state index in [1.165, 1.54) is 43.4 Å². The van der Waals surface area contributed by atoms with Crippen LogP contribution in [0, 0.1) is 11.6 Å². The summed E-state index contributed by atoms with van der Waals surface area (Å²) in [6.45, 7) is 7.35. The second-order valence-corrected chi connectivity index (χ2v) is 10.5. The number of carbonyl (C=O) groups is 2. The molecular formula is C31H29F2N5O4. The average Bonchev–Trinajstić information content (AvgIpc) is 3.65. The largest absolute Gasteiger partial charge is 0.437 e. The summed E-state index contributed by atoms with van der Waals surface area (Å²) in [5.74, 6) is -1.80. The number of furan rings is 1. The third-order valence-electron chi connectivity index (χ3n) is 7.22. The molecule has 3 heterocycles. The molecule has 0 saturated heterocycles. The van der Waals surface area contributed by atoms with E-state index in [1.807, 2.05) is 13.8 Å². The molecule has 0 saturated carbocycles. The zero-order valence-corrected chi connectivity index (χ0v) is 23.7. The van der Waals surface area contributed by atoms with Crippen molar-refractivity contribution >= 4 is 22.9 Å². The maximum absolute atomic E-state index is 15.0. The molecule has 0 unspecified atom stereocenters. The zero-order chi connectivity index (χ0) is 30.2. The fourth-order valence-corrected chi connectivity index (χ4v) is 4.71. The minimum atomic E-state index is -1.04. The number of carbonyl (C=O) groups excluding carboxylic acids is 2. The van der Waals surface area contributed by atoms with Crippen LogP contribution in [0.3, 0.4) is 0 Å². The van der Waals surface area contributed by atoms with Gasteiger partial charge in [-0.25, -0.2) is 13.8 Å². The smallest absolute Gasteiger partial charge is 0.255 e. The predicted octanol–water partition coefficient (Wildman–Crippen LogP) is 6.36. The quantitative estimate of drug-likeness (QED) is 0.221. The van der Waals surface area contributed by atoms with Crippen LogP contribution in [0.1, 0.15) is 72.3 Å². The summed E-state index contributed by atoms with van der Waals surface area (Å²) in [7, 11) is 1.50. The van der Waals surface area contributed by atoms with Crippen molar-refractivity contribution in [1.29, 1.82) is 0 Å². The summed E-state index contributed by atoms with van der Waals surface area (Å²) in [6.07, 6.45) is 1.88.